The second-order valence-electron chi connectivity index (χ2n) is 7.54. The van der Waals surface area contributed by atoms with Crippen molar-refractivity contribution in [3.8, 4) is 0 Å². The summed E-state index contributed by atoms with van der Waals surface area (Å²) >= 11 is 0. The molecule has 0 aliphatic carbocycles. The van der Waals surface area contributed by atoms with Crippen LogP contribution in [0.3, 0.4) is 0 Å². The van der Waals surface area contributed by atoms with Gasteiger partial charge in [-0.15, -0.1) is 0 Å². The van der Waals surface area contributed by atoms with Crippen molar-refractivity contribution in [3.05, 3.63) is 46.9 Å². The molecule has 2 amide bonds. The minimum absolute atomic E-state index is 0.0103. The van der Waals surface area contributed by atoms with Crippen LogP contribution in [-0.2, 0) is 19.1 Å². The summed E-state index contributed by atoms with van der Waals surface area (Å²) in [6.45, 7) is 8.04. The minimum Gasteiger partial charge on any atom is -0.463 e. The number of nitrogens with one attached hydrogen (secondary N) is 1. The molecule has 1 heterocycles. The molecular formula is C22H29FN2O4. The SMILES string of the molecule is CCOC(=O)C1=C(C)N(CC(=O)NCCC(C)C)C(=O)CC1c1ccc(F)cc1. The van der Waals surface area contributed by atoms with E-state index in [0.29, 0.717) is 29.3 Å². The fourth-order valence-electron chi connectivity index (χ4n) is 3.36. The molecule has 0 bridgehead atoms. The highest BCUT2D eigenvalue weighted by Gasteiger charge is 2.37. The number of rotatable bonds is 8. The van der Waals surface area contributed by atoms with Crippen LogP contribution in [0, 0.1) is 11.7 Å². The molecule has 0 saturated carbocycles. The maximum absolute atomic E-state index is 13.3. The second-order valence-corrected chi connectivity index (χ2v) is 7.54. The Labute approximate surface area is 171 Å². The Balaban J connectivity index is 2.29. The highest BCUT2D eigenvalue weighted by molar-refractivity contribution is 5.97. The Morgan fingerprint density at radius 1 is 1.28 bits per heavy atom. The number of carbonyl (C=O) groups is 3. The van der Waals surface area contributed by atoms with Crippen molar-refractivity contribution in [3.63, 3.8) is 0 Å². The summed E-state index contributed by atoms with van der Waals surface area (Å²) < 4.78 is 18.5. The van der Waals surface area contributed by atoms with E-state index in [2.05, 4.69) is 19.2 Å². The Hall–Kier alpha value is -2.70. The highest BCUT2D eigenvalue weighted by Crippen LogP contribution is 2.37. The van der Waals surface area contributed by atoms with E-state index in [1.807, 2.05) is 0 Å². The highest BCUT2D eigenvalue weighted by atomic mass is 19.1. The van der Waals surface area contributed by atoms with Gasteiger partial charge in [0.2, 0.25) is 11.8 Å². The Morgan fingerprint density at radius 2 is 1.93 bits per heavy atom. The monoisotopic (exact) mass is 404 g/mol. The number of hydrogen-bond acceptors (Lipinski definition) is 4. The number of hydrogen-bond donors (Lipinski definition) is 1. The molecule has 1 aliphatic heterocycles. The molecular weight excluding hydrogens is 375 g/mol. The van der Waals surface area contributed by atoms with Gasteiger partial charge in [0.25, 0.3) is 0 Å². The van der Waals surface area contributed by atoms with Crippen LogP contribution in [0.15, 0.2) is 35.5 Å². The zero-order valence-electron chi connectivity index (χ0n) is 17.5. The molecule has 0 spiro atoms. The molecule has 1 aliphatic rings. The average Bonchev–Trinajstić information content (AvgIpc) is 2.65. The third-order valence-corrected chi connectivity index (χ3v) is 4.94. The smallest absolute Gasteiger partial charge is 0.336 e. The van der Waals surface area contributed by atoms with Crippen molar-refractivity contribution in [2.45, 2.75) is 46.5 Å². The van der Waals surface area contributed by atoms with Gasteiger partial charge < -0.3 is 15.0 Å². The standard InChI is InChI=1S/C22H29FN2O4/c1-5-29-22(28)21-15(4)25(13-19(26)24-11-10-14(2)3)20(27)12-18(21)16-6-8-17(23)9-7-16/h6-9,14,18H,5,10-13H2,1-4H3,(H,24,26). The lowest BCUT2D eigenvalue weighted by molar-refractivity contribution is -0.141. The van der Waals surface area contributed by atoms with Gasteiger partial charge in [-0.3, -0.25) is 9.59 Å². The summed E-state index contributed by atoms with van der Waals surface area (Å²) in [6.07, 6.45) is 0.853. The van der Waals surface area contributed by atoms with Crippen LogP contribution in [-0.4, -0.2) is 42.4 Å². The summed E-state index contributed by atoms with van der Waals surface area (Å²) in [5.74, 6) is -1.54. The van der Waals surface area contributed by atoms with Crippen molar-refractivity contribution in [1.82, 2.24) is 10.2 Å². The number of amides is 2. The molecule has 29 heavy (non-hydrogen) atoms. The molecule has 7 heteroatoms. The predicted octanol–water partition coefficient (Wildman–Crippen LogP) is 3.14. The molecule has 0 saturated heterocycles. The fourth-order valence-corrected chi connectivity index (χ4v) is 3.36. The number of esters is 1. The molecule has 6 nitrogen and oxygen atoms in total. The van der Waals surface area contributed by atoms with Gasteiger partial charge >= 0.3 is 5.97 Å². The van der Waals surface area contributed by atoms with E-state index in [4.69, 9.17) is 4.74 Å². The summed E-state index contributed by atoms with van der Waals surface area (Å²) in [4.78, 5) is 39.1. The number of halogens is 1. The summed E-state index contributed by atoms with van der Waals surface area (Å²) in [7, 11) is 0. The van der Waals surface area contributed by atoms with Crippen molar-refractivity contribution in [2.75, 3.05) is 19.7 Å². The van der Waals surface area contributed by atoms with Crippen LogP contribution in [0.5, 0.6) is 0 Å². The first kappa shape index (κ1) is 22.6. The van der Waals surface area contributed by atoms with Crippen LogP contribution in [0.2, 0.25) is 0 Å². The Morgan fingerprint density at radius 3 is 2.52 bits per heavy atom. The van der Waals surface area contributed by atoms with E-state index in [0.717, 1.165) is 6.42 Å². The zero-order chi connectivity index (χ0) is 21.6. The average molecular weight is 404 g/mol. The minimum atomic E-state index is -0.539. The Kier molecular flexibility index (Phi) is 7.93. The molecule has 1 unspecified atom stereocenters. The molecule has 0 aromatic heterocycles. The lowest BCUT2D eigenvalue weighted by Crippen LogP contribution is -2.44. The molecule has 1 aromatic rings. The van der Waals surface area contributed by atoms with E-state index in [-0.39, 0.29) is 31.4 Å². The third kappa shape index (κ3) is 5.89. The molecule has 158 valence electrons. The largest absolute Gasteiger partial charge is 0.463 e. The van der Waals surface area contributed by atoms with Gasteiger partial charge in [-0.2, -0.15) is 0 Å². The van der Waals surface area contributed by atoms with Gasteiger partial charge in [0.15, 0.2) is 0 Å². The summed E-state index contributed by atoms with van der Waals surface area (Å²) in [5, 5.41) is 2.81. The van der Waals surface area contributed by atoms with Crippen LogP contribution in [0.25, 0.3) is 0 Å². The van der Waals surface area contributed by atoms with Crippen LogP contribution >= 0.6 is 0 Å². The van der Waals surface area contributed by atoms with E-state index in [9.17, 15) is 18.8 Å². The first-order chi connectivity index (χ1) is 13.7. The van der Waals surface area contributed by atoms with Crippen molar-refractivity contribution in [1.29, 1.82) is 0 Å². The Bertz CT molecular complexity index is 787. The molecule has 0 fully saturated rings. The van der Waals surface area contributed by atoms with Crippen molar-refractivity contribution >= 4 is 17.8 Å². The van der Waals surface area contributed by atoms with Crippen LogP contribution in [0.4, 0.5) is 4.39 Å². The van der Waals surface area contributed by atoms with Gasteiger partial charge in [-0.25, -0.2) is 9.18 Å². The van der Waals surface area contributed by atoms with Crippen molar-refractivity contribution in [2.24, 2.45) is 5.92 Å². The number of ether oxygens (including phenoxy) is 1. The van der Waals surface area contributed by atoms with E-state index in [1.54, 1.807) is 26.0 Å². The van der Waals surface area contributed by atoms with E-state index >= 15 is 0 Å². The van der Waals surface area contributed by atoms with Crippen molar-refractivity contribution < 1.29 is 23.5 Å². The third-order valence-electron chi connectivity index (χ3n) is 4.94. The van der Waals surface area contributed by atoms with Gasteiger partial charge in [0, 0.05) is 24.6 Å². The van der Waals surface area contributed by atoms with Gasteiger partial charge in [0.05, 0.1) is 12.2 Å². The molecule has 0 radical (unpaired) electrons. The lowest BCUT2D eigenvalue weighted by atomic mass is 9.83. The number of nitrogens with zero attached hydrogens (tertiary/aromatic N) is 1. The first-order valence-electron chi connectivity index (χ1n) is 9.95. The van der Waals surface area contributed by atoms with Gasteiger partial charge in [-0.05, 0) is 43.9 Å². The number of carbonyl (C=O) groups excluding carboxylic acids is 3. The van der Waals surface area contributed by atoms with Crippen LogP contribution < -0.4 is 5.32 Å². The maximum Gasteiger partial charge on any atom is 0.336 e. The molecule has 1 atom stereocenters. The van der Waals surface area contributed by atoms with E-state index in [1.165, 1.54) is 17.0 Å². The molecule has 1 N–H and O–H groups in total. The van der Waals surface area contributed by atoms with Crippen LogP contribution in [0.1, 0.15) is 52.0 Å². The maximum atomic E-state index is 13.3. The fraction of sp³-hybridized carbons (Fsp3) is 0.500. The second kappa shape index (κ2) is 10.2. The zero-order valence-corrected chi connectivity index (χ0v) is 17.5. The number of allylic oxidation sites excluding steroid dienone is 1. The normalized spacial score (nSPS) is 17.0. The molecule has 2 rings (SSSR count). The topological polar surface area (TPSA) is 75.7 Å². The summed E-state index contributed by atoms with van der Waals surface area (Å²) in [6, 6.07) is 5.72. The lowest BCUT2D eigenvalue weighted by Gasteiger charge is -2.34. The van der Waals surface area contributed by atoms with Gasteiger partial charge in [-0.1, -0.05) is 26.0 Å². The van der Waals surface area contributed by atoms with E-state index < -0.39 is 17.7 Å². The number of benzene rings is 1. The first-order valence-corrected chi connectivity index (χ1v) is 9.95. The quantitative estimate of drug-likeness (QED) is 0.676. The summed E-state index contributed by atoms with van der Waals surface area (Å²) in [5.41, 5.74) is 1.38. The van der Waals surface area contributed by atoms with Gasteiger partial charge in [0.1, 0.15) is 12.4 Å². The molecule has 1 aromatic carbocycles. The predicted molar refractivity (Wildman–Crippen MR) is 107 cm³/mol.